The van der Waals surface area contributed by atoms with Gasteiger partial charge in [0.2, 0.25) is 0 Å². The van der Waals surface area contributed by atoms with Crippen LogP contribution in [-0.2, 0) is 13.5 Å². The highest BCUT2D eigenvalue weighted by atomic mass is 79.9. The van der Waals surface area contributed by atoms with E-state index in [0.717, 1.165) is 21.1 Å². The third kappa shape index (κ3) is 4.26. The predicted octanol–water partition coefficient (Wildman–Crippen LogP) is 5.30. The number of carbonyl (C=O) groups excluding carboxylic acids is 1. The summed E-state index contributed by atoms with van der Waals surface area (Å²) in [5.41, 5.74) is 3.63. The highest BCUT2D eigenvalue weighted by Crippen LogP contribution is 2.26. The molecule has 0 aliphatic rings. The molecule has 0 fully saturated rings. The number of ketones is 1. The minimum Gasteiger partial charge on any atom is -0.308 e. The normalized spacial score (nSPS) is 12.1. The summed E-state index contributed by atoms with van der Waals surface area (Å²) < 4.78 is 2.57. The second-order valence-electron chi connectivity index (χ2n) is 7.36. The molecular weight excluding hydrogens is 440 g/mol. The number of hydrogen-bond donors (Lipinski definition) is 0. The van der Waals surface area contributed by atoms with Crippen LogP contribution in [0.1, 0.15) is 34.0 Å². The first-order valence-corrected chi connectivity index (χ1v) is 10.6. The van der Waals surface area contributed by atoms with Crippen LogP contribution < -0.4 is 5.56 Å². The molecule has 0 spiro atoms. The van der Waals surface area contributed by atoms with Crippen LogP contribution in [0.25, 0.3) is 11.0 Å². The van der Waals surface area contributed by atoms with E-state index in [-0.39, 0.29) is 17.3 Å². The van der Waals surface area contributed by atoms with Gasteiger partial charge in [0.25, 0.3) is 5.56 Å². The van der Waals surface area contributed by atoms with Crippen LogP contribution in [0.3, 0.4) is 0 Å². The molecule has 1 unspecified atom stereocenters. The lowest BCUT2D eigenvalue weighted by molar-refractivity contribution is 0.0973. The van der Waals surface area contributed by atoms with Crippen molar-refractivity contribution in [3.05, 3.63) is 111 Å². The number of rotatable bonds is 6. The Morgan fingerprint density at radius 3 is 2.37 bits per heavy atom. The molecule has 0 saturated heterocycles. The minimum atomic E-state index is -0.135. The lowest BCUT2D eigenvalue weighted by atomic mass is 9.88. The zero-order valence-electron chi connectivity index (χ0n) is 16.6. The number of halogens is 1. The Balaban J connectivity index is 1.70. The number of nitrogens with zero attached hydrogens (tertiary/aromatic N) is 2. The van der Waals surface area contributed by atoms with Gasteiger partial charge in [0, 0.05) is 29.9 Å². The van der Waals surface area contributed by atoms with Crippen LogP contribution in [0.2, 0.25) is 0 Å². The van der Waals surface area contributed by atoms with Gasteiger partial charge in [0.15, 0.2) is 5.78 Å². The predicted molar refractivity (Wildman–Crippen MR) is 123 cm³/mol. The van der Waals surface area contributed by atoms with Crippen LogP contribution >= 0.6 is 15.9 Å². The fourth-order valence-corrected chi connectivity index (χ4v) is 3.98. The summed E-state index contributed by atoms with van der Waals surface area (Å²) in [5.74, 6) is -0.0855. The van der Waals surface area contributed by atoms with Gasteiger partial charge in [-0.1, -0.05) is 70.5 Å². The fourth-order valence-electron chi connectivity index (χ4n) is 3.72. The van der Waals surface area contributed by atoms with Crippen molar-refractivity contribution in [2.45, 2.75) is 18.8 Å². The molecule has 0 bridgehead atoms. The quantitative estimate of drug-likeness (QED) is 0.367. The molecule has 5 heteroatoms. The number of benzene rings is 3. The Bertz CT molecular complexity index is 1250. The van der Waals surface area contributed by atoms with E-state index in [1.807, 2.05) is 78.9 Å². The summed E-state index contributed by atoms with van der Waals surface area (Å²) in [6.07, 6.45) is 0.715. The topological polar surface area (TPSA) is 52.0 Å². The summed E-state index contributed by atoms with van der Waals surface area (Å²) in [7, 11) is 1.76. The average molecular weight is 461 g/mol. The van der Waals surface area contributed by atoms with Crippen molar-refractivity contribution in [3.8, 4) is 0 Å². The largest absolute Gasteiger partial charge is 0.308 e. The van der Waals surface area contributed by atoms with Crippen molar-refractivity contribution in [3.63, 3.8) is 0 Å². The maximum absolute atomic E-state index is 13.0. The van der Waals surface area contributed by atoms with E-state index in [4.69, 9.17) is 0 Å². The molecule has 0 aliphatic carbocycles. The summed E-state index contributed by atoms with van der Waals surface area (Å²) in [5, 5.41) is 0. The number of para-hydroxylation sites is 2. The van der Waals surface area contributed by atoms with E-state index in [2.05, 4.69) is 20.9 Å². The Morgan fingerprint density at radius 1 is 0.967 bits per heavy atom. The van der Waals surface area contributed by atoms with Crippen LogP contribution in [0.4, 0.5) is 0 Å². The Hall–Kier alpha value is -3.05. The highest BCUT2D eigenvalue weighted by molar-refractivity contribution is 9.10. The molecule has 30 heavy (non-hydrogen) atoms. The Kier molecular flexibility index (Phi) is 5.91. The molecule has 150 valence electrons. The third-order valence-corrected chi connectivity index (χ3v) is 5.89. The van der Waals surface area contributed by atoms with Gasteiger partial charge in [-0.2, -0.15) is 0 Å². The number of fused-ring (bicyclic) bond motifs is 1. The minimum absolute atomic E-state index is 0.0500. The molecule has 0 saturated carbocycles. The molecule has 4 nitrogen and oxygen atoms in total. The summed E-state index contributed by atoms with van der Waals surface area (Å²) in [6, 6.07) is 24.8. The van der Waals surface area contributed by atoms with Crippen molar-refractivity contribution >= 4 is 32.7 Å². The third-order valence-electron chi connectivity index (χ3n) is 5.36. The van der Waals surface area contributed by atoms with Gasteiger partial charge in [0.1, 0.15) is 5.69 Å². The van der Waals surface area contributed by atoms with Crippen LogP contribution in [0, 0.1) is 0 Å². The van der Waals surface area contributed by atoms with Gasteiger partial charge in [-0.15, -0.1) is 0 Å². The molecule has 0 amide bonds. The van der Waals surface area contributed by atoms with Gasteiger partial charge in [-0.3, -0.25) is 9.59 Å². The second-order valence-corrected chi connectivity index (χ2v) is 8.27. The standard InChI is InChI=1S/C25H21BrN2O2/c1-28-23-10-6-5-9-21(23)27-22(25(28)30)15-19(17-7-3-2-4-8-17)16-24(29)18-11-13-20(26)14-12-18/h2-14,19H,15-16H2,1H3. The van der Waals surface area contributed by atoms with Gasteiger partial charge in [0.05, 0.1) is 11.0 Å². The lowest BCUT2D eigenvalue weighted by Crippen LogP contribution is -2.25. The first-order valence-electron chi connectivity index (χ1n) is 9.81. The van der Waals surface area contributed by atoms with E-state index in [0.29, 0.717) is 24.1 Å². The van der Waals surface area contributed by atoms with Gasteiger partial charge < -0.3 is 4.57 Å². The maximum Gasteiger partial charge on any atom is 0.272 e. The van der Waals surface area contributed by atoms with Crippen LogP contribution in [-0.4, -0.2) is 15.3 Å². The summed E-state index contributed by atoms with van der Waals surface area (Å²) in [6.45, 7) is 0. The van der Waals surface area contributed by atoms with Crippen molar-refractivity contribution in [2.24, 2.45) is 7.05 Å². The summed E-state index contributed by atoms with van der Waals surface area (Å²) in [4.78, 5) is 30.6. The molecule has 0 aliphatic heterocycles. The Morgan fingerprint density at radius 2 is 1.63 bits per heavy atom. The van der Waals surface area contributed by atoms with Crippen molar-refractivity contribution in [1.82, 2.24) is 9.55 Å². The number of carbonyl (C=O) groups is 1. The zero-order valence-corrected chi connectivity index (χ0v) is 18.2. The fraction of sp³-hybridized carbons (Fsp3) is 0.160. The summed E-state index contributed by atoms with van der Waals surface area (Å²) >= 11 is 3.40. The average Bonchev–Trinajstić information content (AvgIpc) is 2.77. The first kappa shape index (κ1) is 20.2. The lowest BCUT2D eigenvalue weighted by Gasteiger charge is -2.17. The highest BCUT2D eigenvalue weighted by Gasteiger charge is 2.21. The number of aryl methyl sites for hydroxylation is 1. The van der Waals surface area contributed by atoms with Gasteiger partial charge in [-0.05, 0) is 35.7 Å². The molecule has 0 N–H and O–H groups in total. The number of aromatic nitrogens is 2. The molecule has 4 rings (SSSR count). The van der Waals surface area contributed by atoms with Crippen LogP contribution in [0.5, 0.6) is 0 Å². The van der Waals surface area contributed by atoms with Gasteiger partial charge >= 0.3 is 0 Å². The second kappa shape index (κ2) is 8.76. The van der Waals surface area contributed by atoms with E-state index >= 15 is 0 Å². The zero-order chi connectivity index (χ0) is 21.1. The first-order chi connectivity index (χ1) is 14.5. The van der Waals surface area contributed by atoms with Crippen molar-refractivity contribution in [2.75, 3.05) is 0 Å². The monoisotopic (exact) mass is 460 g/mol. The smallest absolute Gasteiger partial charge is 0.272 e. The van der Waals surface area contributed by atoms with Crippen molar-refractivity contribution in [1.29, 1.82) is 0 Å². The van der Waals surface area contributed by atoms with E-state index < -0.39 is 0 Å². The molecule has 1 aromatic heterocycles. The number of Topliss-reactive ketones (excluding diaryl/α,β-unsaturated/α-hetero) is 1. The number of hydrogen-bond acceptors (Lipinski definition) is 3. The van der Waals surface area contributed by atoms with Crippen LogP contribution in [0.15, 0.2) is 88.1 Å². The molecule has 1 heterocycles. The van der Waals surface area contributed by atoms with E-state index in [1.54, 1.807) is 11.6 Å². The molecule has 3 aromatic carbocycles. The maximum atomic E-state index is 13.0. The molecule has 0 radical (unpaired) electrons. The SMILES string of the molecule is Cn1c(=O)c(CC(CC(=O)c2ccc(Br)cc2)c2ccccc2)nc2ccccc21. The molecular formula is C25H21BrN2O2. The van der Waals surface area contributed by atoms with Crippen molar-refractivity contribution < 1.29 is 4.79 Å². The van der Waals surface area contributed by atoms with E-state index in [9.17, 15) is 9.59 Å². The Labute approximate surface area is 183 Å². The molecule has 1 atom stereocenters. The molecule has 4 aromatic rings. The van der Waals surface area contributed by atoms with Gasteiger partial charge in [-0.25, -0.2) is 4.98 Å². The van der Waals surface area contributed by atoms with E-state index in [1.165, 1.54) is 0 Å².